The number of benzene rings is 1. The topological polar surface area (TPSA) is 49.2 Å². The van der Waals surface area contributed by atoms with Crippen LogP contribution >= 0.6 is 11.3 Å². The molecule has 0 aliphatic carbocycles. The minimum absolute atomic E-state index is 0.573. The number of thiazole rings is 1. The van der Waals surface area contributed by atoms with Crippen molar-refractivity contribution in [1.82, 2.24) is 14.5 Å². The molecule has 4 rings (SSSR count). The highest BCUT2D eigenvalue weighted by atomic mass is 32.1. The normalized spacial score (nSPS) is 17.3. The van der Waals surface area contributed by atoms with Crippen LogP contribution in [0.3, 0.4) is 0 Å². The van der Waals surface area contributed by atoms with E-state index >= 15 is 0 Å². The van der Waals surface area contributed by atoms with Crippen LogP contribution in [0.15, 0.2) is 42.9 Å². The third-order valence-corrected chi connectivity index (χ3v) is 5.28. The maximum Gasteiger partial charge on any atom is 0.151 e. The lowest BCUT2D eigenvalue weighted by Crippen LogP contribution is -2.10. The molecule has 0 amide bonds. The molecule has 0 spiro atoms. The van der Waals surface area contributed by atoms with Crippen molar-refractivity contribution in [3.05, 3.63) is 42.9 Å². The average Bonchev–Trinajstić information content (AvgIpc) is 3.36. The molecule has 0 bridgehead atoms. The summed E-state index contributed by atoms with van der Waals surface area (Å²) in [6.07, 6.45) is 6.92. The third-order valence-electron chi connectivity index (χ3n) is 4.24. The second-order valence-corrected chi connectivity index (χ2v) is 6.93. The van der Waals surface area contributed by atoms with Crippen LogP contribution in [-0.4, -0.2) is 34.9 Å². The molecule has 1 aliphatic rings. The summed E-state index contributed by atoms with van der Waals surface area (Å²) in [5.41, 5.74) is 1.06. The molecule has 0 radical (unpaired) electrons. The summed E-state index contributed by atoms with van der Waals surface area (Å²) in [5.74, 6) is 2.39. The second-order valence-electron chi connectivity index (χ2n) is 5.89. The van der Waals surface area contributed by atoms with Gasteiger partial charge in [0.1, 0.15) is 10.8 Å². The molecule has 1 unspecified atom stereocenters. The lowest BCUT2D eigenvalue weighted by atomic mass is 10.1. The van der Waals surface area contributed by atoms with E-state index in [-0.39, 0.29) is 0 Å². The van der Waals surface area contributed by atoms with Crippen LogP contribution in [0.25, 0.3) is 21.3 Å². The zero-order valence-corrected chi connectivity index (χ0v) is 14.3. The first kappa shape index (κ1) is 15.4. The van der Waals surface area contributed by atoms with E-state index in [1.54, 1.807) is 18.4 Å². The van der Waals surface area contributed by atoms with Gasteiger partial charge >= 0.3 is 0 Å². The summed E-state index contributed by atoms with van der Waals surface area (Å²) in [4.78, 5) is 10.2. The molecule has 6 heteroatoms. The first-order chi connectivity index (χ1) is 11.8. The van der Waals surface area contributed by atoms with Crippen molar-refractivity contribution in [1.29, 1.82) is 0 Å². The Kier molecular flexibility index (Phi) is 4.32. The van der Waals surface area contributed by atoms with E-state index in [0.717, 1.165) is 53.2 Å². The molecule has 3 aromatic rings. The summed E-state index contributed by atoms with van der Waals surface area (Å²) >= 11 is 1.65. The van der Waals surface area contributed by atoms with Gasteiger partial charge in [-0.2, -0.15) is 0 Å². The lowest BCUT2D eigenvalue weighted by Gasteiger charge is -2.10. The minimum atomic E-state index is 0.573. The first-order valence-electron chi connectivity index (χ1n) is 8.03. The van der Waals surface area contributed by atoms with E-state index in [1.807, 2.05) is 42.9 Å². The van der Waals surface area contributed by atoms with E-state index in [0.29, 0.717) is 5.92 Å². The van der Waals surface area contributed by atoms with Crippen molar-refractivity contribution < 1.29 is 9.47 Å². The number of hydrogen-bond donors (Lipinski definition) is 0. The number of methoxy groups -OCH3 is 1. The summed E-state index contributed by atoms with van der Waals surface area (Å²) in [5, 5.41) is 0.975. The fourth-order valence-corrected chi connectivity index (χ4v) is 3.88. The van der Waals surface area contributed by atoms with Crippen LogP contribution in [0.2, 0.25) is 0 Å². The molecule has 1 saturated heterocycles. The van der Waals surface area contributed by atoms with E-state index in [9.17, 15) is 0 Å². The number of hydrogen-bond acceptors (Lipinski definition) is 5. The first-order valence-corrected chi connectivity index (χ1v) is 8.84. The molecule has 1 fully saturated rings. The standard InChI is InChI=1S/C18H19N3O2S/c1-22-15-4-2-3-14(9-15)18-20-10-16(24-18)17-19-6-7-21(17)11-13-5-8-23-12-13/h2-4,6-7,9-10,13H,5,8,11-12H2,1H3. The van der Waals surface area contributed by atoms with E-state index in [1.165, 1.54) is 0 Å². The van der Waals surface area contributed by atoms with Gasteiger partial charge in [0, 0.05) is 43.2 Å². The molecular weight excluding hydrogens is 322 g/mol. The van der Waals surface area contributed by atoms with Gasteiger partial charge in [-0.05, 0) is 18.6 Å². The fourth-order valence-electron chi connectivity index (χ4n) is 2.95. The van der Waals surface area contributed by atoms with Crippen molar-refractivity contribution >= 4 is 11.3 Å². The van der Waals surface area contributed by atoms with Crippen LogP contribution in [-0.2, 0) is 11.3 Å². The Morgan fingerprint density at radius 3 is 3.17 bits per heavy atom. The monoisotopic (exact) mass is 341 g/mol. The number of rotatable bonds is 5. The minimum Gasteiger partial charge on any atom is -0.497 e. The summed E-state index contributed by atoms with van der Waals surface area (Å²) in [7, 11) is 1.68. The van der Waals surface area contributed by atoms with Crippen molar-refractivity contribution in [3.63, 3.8) is 0 Å². The Labute approximate surface area is 144 Å². The molecule has 0 saturated carbocycles. The van der Waals surface area contributed by atoms with Gasteiger partial charge in [-0.1, -0.05) is 12.1 Å². The molecule has 2 aromatic heterocycles. The van der Waals surface area contributed by atoms with Crippen LogP contribution in [0, 0.1) is 5.92 Å². The molecule has 124 valence electrons. The molecule has 0 N–H and O–H groups in total. The lowest BCUT2D eigenvalue weighted by molar-refractivity contribution is 0.182. The maximum absolute atomic E-state index is 5.48. The molecule has 5 nitrogen and oxygen atoms in total. The number of nitrogens with zero attached hydrogens (tertiary/aromatic N) is 3. The molecule has 3 heterocycles. The Morgan fingerprint density at radius 2 is 2.33 bits per heavy atom. The average molecular weight is 341 g/mol. The van der Waals surface area contributed by atoms with Crippen molar-refractivity contribution in [2.45, 2.75) is 13.0 Å². The highest BCUT2D eigenvalue weighted by Gasteiger charge is 2.19. The Bertz CT molecular complexity index is 821. The van der Waals surface area contributed by atoms with E-state index in [4.69, 9.17) is 9.47 Å². The summed E-state index contributed by atoms with van der Waals surface area (Å²) in [6.45, 7) is 2.66. The molecule has 1 aliphatic heterocycles. The second kappa shape index (κ2) is 6.75. The van der Waals surface area contributed by atoms with Gasteiger partial charge in [0.25, 0.3) is 0 Å². The van der Waals surface area contributed by atoms with Gasteiger partial charge < -0.3 is 14.0 Å². The Balaban J connectivity index is 1.59. The Morgan fingerprint density at radius 1 is 1.38 bits per heavy atom. The SMILES string of the molecule is COc1cccc(-c2ncc(-c3nccn3CC3CCOC3)s2)c1. The van der Waals surface area contributed by atoms with E-state index in [2.05, 4.69) is 14.5 Å². The van der Waals surface area contributed by atoms with Crippen molar-refractivity contribution in [2.24, 2.45) is 5.92 Å². The molecule has 1 atom stereocenters. The van der Waals surface area contributed by atoms with Crippen LogP contribution < -0.4 is 4.74 Å². The van der Waals surface area contributed by atoms with Gasteiger partial charge in [0.05, 0.1) is 18.6 Å². The fraction of sp³-hybridized carbons (Fsp3) is 0.333. The highest BCUT2D eigenvalue weighted by Crippen LogP contribution is 2.33. The quantitative estimate of drug-likeness (QED) is 0.710. The highest BCUT2D eigenvalue weighted by molar-refractivity contribution is 7.18. The van der Waals surface area contributed by atoms with Crippen molar-refractivity contribution in [3.8, 4) is 27.0 Å². The molecule has 24 heavy (non-hydrogen) atoms. The van der Waals surface area contributed by atoms with Gasteiger partial charge in [0.2, 0.25) is 0 Å². The van der Waals surface area contributed by atoms with Crippen LogP contribution in [0.5, 0.6) is 5.75 Å². The van der Waals surface area contributed by atoms with Gasteiger partial charge in [0.15, 0.2) is 5.82 Å². The van der Waals surface area contributed by atoms with E-state index < -0.39 is 0 Å². The zero-order valence-electron chi connectivity index (χ0n) is 13.5. The van der Waals surface area contributed by atoms with Crippen molar-refractivity contribution in [2.75, 3.05) is 20.3 Å². The van der Waals surface area contributed by atoms with Gasteiger partial charge in [-0.3, -0.25) is 0 Å². The van der Waals surface area contributed by atoms with Gasteiger partial charge in [-0.15, -0.1) is 11.3 Å². The summed E-state index contributed by atoms with van der Waals surface area (Å²) in [6, 6.07) is 7.98. The molecular formula is C18H19N3O2S. The van der Waals surface area contributed by atoms with Crippen LogP contribution in [0.4, 0.5) is 0 Å². The molecule has 1 aromatic carbocycles. The summed E-state index contributed by atoms with van der Waals surface area (Å²) < 4.78 is 13.0. The van der Waals surface area contributed by atoms with Crippen LogP contribution in [0.1, 0.15) is 6.42 Å². The number of ether oxygens (including phenoxy) is 2. The predicted molar refractivity (Wildman–Crippen MR) is 94.2 cm³/mol. The third kappa shape index (κ3) is 3.07. The van der Waals surface area contributed by atoms with Gasteiger partial charge in [-0.25, -0.2) is 9.97 Å². The number of aromatic nitrogens is 3. The maximum atomic E-state index is 5.48. The zero-order chi connectivity index (χ0) is 16.4. The number of imidazole rings is 1. The predicted octanol–water partition coefficient (Wildman–Crippen LogP) is 3.72. The Hall–Kier alpha value is -2.18. The largest absolute Gasteiger partial charge is 0.497 e. The smallest absolute Gasteiger partial charge is 0.151 e.